The van der Waals surface area contributed by atoms with Crippen molar-refractivity contribution in [2.24, 2.45) is 0 Å². The highest BCUT2D eigenvalue weighted by atomic mass is 32.2. The lowest BCUT2D eigenvalue weighted by Gasteiger charge is -2.36. The standard InChI is InChI=1S/C15H23F6NO7S2/c16-13(17,15(20,21)31(25,26)27)14(18,19)30(23,24)22-8-6-12(7-9-22)29-10-28-11-4-2-1-3-5-11/h11-12H,1-10H2,(H,25,26,27). The molecule has 31 heavy (non-hydrogen) atoms. The van der Waals surface area contributed by atoms with Gasteiger partial charge in [0.15, 0.2) is 0 Å². The van der Waals surface area contributed by atoms with E-state index in [4.69, 9.17) is 14.0 Å². The molecule has 1 aliphatic heterocycles. The molecule has 1 N–H and O–H groups in total. The number of halogens is 6. The maximum atomic E-state index is 14.0. The highest BCUT2D eigenvalue weighted by molar-refractivity contribution is 7.90. The molecule has 0 radical (unpaired) electrons. The van der Waals surface area contributed by atoms with Crippen molar-refractivity contribution in [3.05, 3.63) is 0 Å². The van der Waals surface area contributed by atoms with Gasteiger partial charge in [-0.25, -0.2) is 8.42 Å². The van der Waals surface area contributed by atoms with Crippen molar-refractivity contribution in [1.29, 1.82) is 0 Å². The Balaban J connectivity index is 1.99. The summed E-state index contributed by atoms with van der Waals surface area (Å²) in [6.07, 6.45) is 3.81. The zero-order valence-electron chi connectivity index (χ0n) is 16.2. The Morgan fingerprint density at radius 2 is 1.23 bits per heavy atom. The summed E-state index contributed by atoms with van der Waals surface area (Å²) in [5.41, 5.74) is 0. The second-order valence-corrected chi connectivity index (χ2v) is 10.8. The average molecular weight is 507 g/mol. The summed E-state index contributed by atoms with van der Waals surface area (Å²) in [5.74, 6) is -6.94. The third-order valence-corrected chi connectivity index (χ3v) is 8.13. The van der Waals surface area contributed by atoms with Crippen molar-refractivity contribution in [2.45, 2.75) is 73.6 Å². The lowest BCUT2D eigenvalue weighted by molar-refractivity contribution is -0.247. The zero-order chi connectivity index (χ0) is 23.7. The maximum absolute atomic E-state index is 14.0. The molecule has 0 amide bonds. The van der Waals surface area contributed by atoms with Crippen molar-refractivity contribution >= 4 is 20.1 Å². The van der Waals surface area contributed by atoms with Gasteiger partial charge in [0, 0.05) is 13.1 Å². The predicted octanol–water partition coefficient (Wildman–Crippen LogP) is 2.81. The Kier molecular flexibility index (Phi) is 7.96. The minimum Gasteiger partial charge on any atom is -0.352 e. The van der Waals surface area contributed by atoms with Crippen molar-refractivity contribution in [3.63, 3.8) is 0 Å². The van der Waals surface area contributed by atoms with Crippen molar-refractivity contribution in [2.75, 3.05) is 19.9 Å². The van der Waals surface area contributed by atoms with E-state index in [2.05, 4.69) is 0 Å². The largest absolute Gasteiger partial charge is 0.439 e. The van der Waals surface area contributed by atoms with Gasteiger partial charge in [-0.2, -0.15) is 39.1 Å². The van der Waals surface area contributed by atoms with E-state index in [1.807, 2.05) is 0 Å². The fraction of sp³-hybridized carbons (Fsp3) is 1.00. The first-order valence-electron chi connectivity index (χ1n) is 9.39. The van der Waals surface area contributed by atoms with E-state index in [0.29, 0.717) is 0 Å². The molecule has 1 saturated carbocycles. The molecule has 184 valence electrons. The van der Waals surface area contributed by atoms with Gasteiger partial charge in [-0.15, -0.1) is 0 Å². The van der Waals surface area contributed by atoms with Gasteiger partial charge in [0.25, 0.3) is 10.0 Å². The minimum atomic E-state index is -7.04. The van der Waals surface area contributed by atoms with Crippen LogP contribution >= 0.6 is 0 Å². The van der Waals surface area contributed by atoms with Crippen LogP contribution < -0.4 is 0 Å². The first-order chi connectivity index (χ1) is 14.1. The molecule has 0 aromatic carbocycles. The Morgan fingerprint density at radius 3 is 1.68 bits per heavy atom. The van der Waals surface area contributed by atoms with E-state index in [-0.39, 0.29) is 30.0 Å². The van der Waals surface area contributed by atoms with E-state index in [1.165, 1.54) is 0 Å². The van der Waals surface area contributed by atoms with Gasteiger partial charge in [-0.3, -0.25) is 4.55 Å². The molecule has 2 aliphatic rings. The molecule has 0 atom stereocenters. The molecule has 1 saturated heterocycles. The number of alkyl halides is 6. The van der Waals surface area contributed by atoms with Crippen LogP contribution in [0.5, 0.6) is 0 Å². The van der Waals surface area contributed by atoms with Crippen molar-refractivity contribution in [3.8, 4) is 0 Å². The quantitative estimate of drug-likeness (QED) is 0.290. The molecule has 0 unspecified atom stereocenters. The summed E-state index contributed by atoms with van der Waals surface area (Å²) in [4.78, 5) is 0. The van der Waals surface area contributed by atoms with Gasteiger partial charge in [-0.05, 0) is 25.7 Å². The summed E-state index contributed by atoms with van der Waals surface area (Å²) in [6, 6.07) is 0. The van der Waals surface area contributed by atoms with Crippen LogP contribution in [0, 0.1) is 0 Å². The summed E-state index contributed by atoms with van der Waals surface area (Å²) in [6.45, 7) is -1.63. The maximum Gasteiger partial charge on any atom is 0.439 e. The second kappa shape index (κ2) is 9.29. The van der Waals surface area contributed by atoms with E-state index in [1.54, 1.807) is 0 Å². The van der Waals surface area contributed by atoms with Crippen molar-refractivity contribution < 1.29 is 57.2 Å². The Bertz CT molecular complexity index is 823. The van der Waals surface area contributed by atoms with Gasteiger partial charge in [0.05, 0.1) is 12.2 Å². The van der Waals surface area contributed by atoms with Crippen LogP contribution in [0.25, 0.3) is 0 Å². The van der Waals surface area contributed by atoms with Crippen LogP contribution in [0.4, 0.5) is 26.3 Å². The molecule has 0 spiro atoms. The number of hydrogen-bond acceptors (Lipinski definition) is 6. The summed E-state index contributed by atoms with van der Waals surface area (Å²) in [7, 11) is -13.5. The molecule has 0 aromatic heterocycles. The van der Waals surface area contributed by atoms with Crippen LogP contribution in [0.2, 0.25) is 0 Å². The number of piperidine rings is 1. The second-order valence-electron chi connectivity index (χ2n) is 7.40. The minimum absolute atomic E-state index is 0.0135. The highest BCUT2D eigenvalue weighted by Crippen LogP contribution is 2.51. The van der Waals surface area contributed by atoms with E-state index in [9.17, 15) is 43.2 Å². The van der Waals surface area contributed by atoms with Gasteiger partial charge < -0.3 is 9.47 Å². The molecule has 8 nitrogen and oxygen atoms in total. The lowest BCUT2D eigenvalue weighted by Crippen LogP contribution is -2.63. The van der Waals surface area contributed by atoms with E-state index in [0.717, 1.165) is 32.1 Å². The number of hydrogen-bond donors (Lipinski definition) is 1. The fourth-order valence-corrected chi connectivity index (χ4v) is 5.34. The predicted molar refractivity (Wildman–Crippen MR) is 93.8 cm³/mol. The van der Waals surface area contributed by atoms with Crippen LogP contribution in [-0.4, -0.2) is 74.2 Å². The first kappa shape index (κ1) is 26.6. The Hall–Kier alpha value is -0.680. The molecule has 2 rings (SSSR count). The van der Waals surface area contributed by atoms with Crippen LogP contribution in [-0.2, 0) is 29.6 Å². The van der Waals surface area contributed by atoms with Gasteiger partial charge in [0.1, 0.15) is 6.79 Å². The molecular formula is C15H23F6NO7S2. The van der Waals surface area contributed by atoms with Gasteiger partial charge in [-0.1, -0.05) is 19.3 Å². The smallest absolute Gasteiger partial charge is 0.352 e. The highest BCUT2D eigenvalue weighted by Gasteiger charge is 2.82. The number of nitrogens with zero attached hydrogens (tertiary/aromatic N) is 1. The molecular weight excluding hydrogens is 484 g/mol. The third kappa shape index (κ3) is 5.13. The van der Waals surface area contributed by atoms with E-state index >= 15 is 0 Å². The van der Waals surface area contributed by atoms with Crippen LogP contribution in [0.1, 0.15) is 44.9 Å². The lowest BCUT2D eigenvalue weighted by atomic mass is 9.98. The van der Waals surface area contributed by atoms with Gasteiger partial charge in [0.2, 0.25) is 0 Å². The molecule has 2 fully saturated rings. The van der Waals surface area contributed by atoms with Crippen molar-refractivity contribution in [1.82, 2.24) is 4.31 Å². The third-order valence-electron chi connectivity index (χ3n) is 5.28. The number of rotatable bonds is 9. The molecule has 0 aromatic rings. The van der Waals surface area contributed by atoms with Crippen LogP contribution in [0.15, 0.2) is 0 Å². The average Bonchev–Trinajstić information content (AvgIpc) is 2.68. The van der Waals surface area contributed by atoms with Gasteiger partial charge >= 0.3 is 26.5 Å². The Labute approximate surface area is 175 Å². The Morgan fingerprint density at radius 1 is 0.774 bits per heavy atom. The summed E-state index contributed by atoms with van der Waals surface area (Å²) >= 11 is 0. The number of ether oxygens (including phenoxy) is 2. The SMILES string of the molecule is O=S(=O)(O)C(F)(F)C(F)(F)C(F)(F)S(=O)(=O)N1CCC(OCOC2CCCCC2)CC1. The van der Waals surface area contributed by atoms with Crippen LogP contribution in [0.3, 0.4) is 0 Å². The zero-order valence-corrected chi connectivity index (χ0v) is 17.8. The summed E-state index contributed by atoms with van der Waals surface area (Å²) in [5, 5.41) is -13.3. The summed E-state index contributed by atoms with van der Waals surface area (Å²) < 4.78 is 146. The molecule has 1 aliphatic carbocycles. The molecule has 16 heteroatoms. The van der Waals surface area contributed by atoms with E-state index < -0.39 is 55.8 Å². The topological polar surface area (TPSA) is 110 Å². The normalized spacial score (nSPS) is 22.0. The monoisotopic (exact) mass is 507 g/mol. The molecule has 1 heterocycles. The number of sulfonamides is 1. The fourth-order valence-electron chi connectivity index (χ4n) is 3.36. The molecule has 0 bridgehead atoms. The first-order valence-corrected chi connectivity index (χ1v) is 12.3.